The number of hydrogen-bond donors (Lipinski definition) is 2. The maximum absolute atomic E-state index is 12.3. The summed E-state index contributed by atoms with van der Waals surface area (Å²) in [6.07, 6.45) is -0.118. The first-order valence-electron chi connectivity index (χ1n) is 12.7. The Morgan fingerprint density at radius 1 is 0.825 bits per heavy atom. The molecule has 1 aromatic heterocycles. The number of aromatic nitrogens is 1. The lowest BCUT2D eigenvalue weighted by atomic mass is 10.0. The molecule has 0 aliphatic heterocycles. The molecular formula is C32H26ClN3O3S. The van der Waals surface area contributed by atoms with E-state index in [-0.39, 0.29) is 18.9 Å². The molecule has 0 aliphatic rings. The van der Waals surface area contributed by atoms with Crippen molar-refractivity contribution in [2.75, 3.05) is 11.4 Å². The molecule has 0 radical (unpaired) electrons. The highest BCUT2D eigenvalue weighted by molar-refractivity contribution is 7.14. The van der Waals surface area contributed by atoms with Crippen LogP contribution in [0.15, 0.2) is 109 Å². The Kier molecular flexibility index (Phi) is 8.54. The number of hydrogen-bond acceptors (Lipinski definition) is 5. The van der Waals surface area contributed by atoms with Gasteiger partial charge in [-0.1, -0.05) is 78.3 Å². The van der Waals surface area contributed by atoms with E-state index in [0.717, 1.165) is 33.2 Å². The van der Waals surface area contributed by atoms with Crippen molar-refractivity contribution < 1.29 is 14.7 Å². The average Bonchev–Trinajstić information content (AvgIpc) is 3.47. The van der Waals surface area contributed by atoms with E-state index in [9.17, 15) is 9.59 Å². The van der Waals surface area contributed by atoms with Crippen LogP contribution < -0.4 is 10.2 Å². The summed E-state index contributed by atoms with van der Waals surface area (Å²) in [6, 6.07) is 33.6. The van der Waals surface area contributed by atoms with Gasteiger partial charge in [0.05, 0.1) is 18.7 Å². The fourth-order valence-electron chi connectivity index (χ4n) is 4.20. The Morgan fingerprint density at radius 3 is 2.15 bits per heavy atom. The highest BCUT2D eigenvalue weighted by Gasteiger charge is 2.16. The smallest absolute Gasteiger partial charge is 0.305 e. The second-order valence-corrected chi connectivity index (χ2v) is 10.4. The van der Waals surface area contributed by atoms with Gasteiger partial charge in [0.15, 0.2) is 5.13 Å². The highest BCUT2D eigenvalue weighted by atomic mass is 35.5. The maximum atomic E-state index is 12.3. The zero-order chi connectivity index (χ0) is 27.9. The number of carbonyl (C=O) groups excluding carboxylic acids is 1. The molecule has 4 aromatic carbocycles. The Hall–Kier alpha value is -4.46. The summed E-state index contributed by atoms with van der Waals surface area (Å²) in [4.78, 5) is 30.1. The van der Waals surface area contributed by atoms with Crippen LogP contribution >= 0.6 is 22.9 Å². The molecule has 1 amide bonds. The van der Waals surface area contributed by atoms with E-state index in [1.165, 1.54) is 5.56 Å². The van der Waals surface area contributed by atoms with Gasteiger partial charge in [-0.05, 0) is 53.1 Å². The number of carboxylic acid groups (broad SMARTS) is 1. The largest absolute Gasteiger partial charge is 0.481 e. The lowest BCUT2D eigenvalue weighted by Gasteiger charge is -2.22. The zero-order valence-electron chi connectivity index (χ0n) is 21.5. The normalized spacial score (nSPS) is 10.7. The summed E-state index contributed by atoms with van der Waals surface area (Å²) >= 11 is 7.72. The molecule has 0 bridgehead atoms. The molecule has 8 heteroatoms. The molecule has 0 unspecified atom stereocenters. The predicted octanol–water partition coefficient (Wildman–Crippen LogP) is 7.67. The summed E-state index contributed by atoms with van der Waals surface area (Å²) in [6.45, 7) is 0.615. The zero-order valence-corrected chi connectivity index (χ0v) is 23.0. The van der Waals surface area contributed by atoms with E-state index >= 15 is 0 Å². The van der Waals surface area contributed by atoms with Crippen molar-refractivity contribution in [1.82, 2.24) is 10.3 Å². The van der Waals surface area contributed by atoms with Crippen molar-refractivity contribution in [1.29, 1.82) is 0 Å². The number of amides is 1. The van der Waals surface area contributed by atoms with Crippen molar-refractivity contribution in [2.45, 2.75) is 13.0 Å². The van der Waals surface area contributed by atoms with Gasteiger partial charge < -0.3 is 15.3 Å². The van der Waals surface area contributed by atoms with Crippen LogP contribution in [0.25, 0.3) is 22.4 Å². The molecule has 1 heterocycles. The van der Waals surface area contributed by atoms with Crippen molar-refractivity contribution in [3.05, 3.63) is 125 Å². The van der Waals surface area contributed by atoms with Gasteiger partial charge in [-0.25, -0.2) is 4.98 Å². The number of carboxylic acids is 1. The quantitative estimate of drug-likeness (QED) is 0.181. The minimum absolute atomic E-state index is 0.0849. The Morgan fingerprint density at radius 2 is 1.48 bits per heavy atom. The van der Waals surface area contributed by atoms with Crippen molar-refractivity contribution in [3.63, 3.8) is 0 Å². The number of rotatable bonds is 10. The fourth-order valence-corrected chi connectivity index (χ4v) is 5.18. The summed E-state index contributed by atoms with van der Waals surface area (Å²) < 4.78 is 0. The molecule has 6 nitrogen and oxygen atoms in total. The summed E-state index contributed by atoms with van der Waals surface area (Å²) in [7, 11) is 0. The second-order valence-electron chi connectivity index (χ2n) is 9.12. The van der Waals surface area contributed by atoms with Gasteiger partial charge in [-0.2, -0.15) is 0 Å². The third-order valence-electron chi connectivity index (χ3n) is 6.33. The van der Waals surface area contributed by atoms with E-state index in [0.29, 0.717) is 17.1 Å². The summed E-state index contributed by atoms with van der Waals surface area (Å²) in [5.74, 6) is -1.25. The standard InChI is InChI=1S/C32H26ClN3O3S/c33-27-14-16-28(17-15-27)36(20-22-6-8-26(9-7-22)31(39)34-19-18-30(37)38)32-35-29(21-40-32)25-12-10-24(11-13-25)23-4-2-1-3-5-23/h1-17,21H,18-20H2,(H,34,39)(H,37,38). The second kappa shape index (κ2) is 12.6. The molecule has 0 atom stereocenters. The first-order chi connectivity index (χ1) is 19.5. The van der Waals surface area contributed by atoms with Gasteiger partial charge in [-0.15, -0.1) is 11.3 Å². The lowest BCUT2D eigenvalue weighted by molar-refractivity contribution is -0.136. The van der Waals surface area contributed by atoms with Crippen molar-refractivity contribution in [3.8, 4) is 22.4 Å². The minimum atomic E-state index is -0.951. The van der Waals surface area contributed by atoms with Gasteiger partial charge in [0, 0.05) is 33.8 Å². The van der Waals surface area contributed by atoms with Crippen LogP contribution in [0.3, 0.4) is 0 Å². The predicted molar refractivity (Wildman–Crippen MR) is 161 cm³/mol. The molecule has 40 heavy (non-hydrogen) atoms. The van der Waals surface area contributed by atoms with Crippen LogP contribution in [-0.4, -0.2) is 28.5 Å². The fraction of sp³-hybridized carbons (Fsp3) is 0.0938. The molecule has 200 valence electrons. The maximum Gasteiger partial charge on any atom is 0.305 e. The Bertz CT molecular complexity index is 1590. The van der Waals surface area contributed by atoms with Crippen molar-refractivity contribution >= 4 is 45.6 Å². The van der Waals surface area contributed by atoms with Gasteiger partial charge in [-0.3, -0.25) is 9.59 Å². The van der Waals surface area contributed by atoms with Gasteiger partial charge in [0.1, 0.15) is 0 Å². The van der Waals surface area contributed by atoms with Crippen LogP contribution in [-0.2, 0) is 11.3 Å². The molecule has 2 N–H and O–H groups in total. The molecule has 5 rings (SSSR count). The third-order valence-corrected chi connectivity index (χ3v) is 7.45. The molecular weight excluding hydrogens is 542 g/mol. The number of thiazole rings is 1. The Balaban J connectivity index is 1.36. The van der Waals surface area contributed by atoms with Crippen LogP contribution in [0.4, 0.5) is 10.8 Å². The van der Waals surface area contributed by atoms with E-state index in [2.05, 4.69) is 52.0 Å². The van der Waals surface area contributed by atoms with Crippen LogP contribution in [0.2, 0.25) is 5.02 Å². The van der Waals surface area contributed by atoms with E-state index < -0.39 is 5.97 Å². The van der Waals surface area contributed by atoms with E-state index in [4.69, 9.17) is 21.7 Å². The lowest BCUT2D eigenvalue weighted by Crippen LogP contribution is -2.26. The number of anilines is 2. The number of nitrogens with zero attached hydrogens (tertiary/aromatic N) is 2. The molecule has 0 saturated heterocycles. The first kappa shape index (κ1) is 27.1. The summed E-state index contributed by atoms with van der Waals surface area (Å²) in [5.41, 5.74) is 6.67. The molecule has 0 saturated carbocycles. The van der Waals surface area contributed by atoms with Gasteiger partial charge in [0.2, 0.25) is 0 Å². The SMILES string of the molecule is O=C(O)CCNC(=O)c1ccc(CN(c2ccc(Cl)cc2)c2nc(-c3ccc(-c4ccccc4)cc3)cs2)cc1. The third kappa shape index (κ3) is 6.75. The molecule has 0 spiro atoms. The molecule has 0 fully saturated rings. The van der Waals surface area contributed by atoms with E-state index in [1.807, 2.05) is 54.6 Å². The van der Waals surface area contributed by atoms with Crippen LogP contribution in [0, 0.1) is 0 Å². The van der Waals surface area contributed by atoms with Crippen LogP contribution in [0.5, 0.6) is 0 Å². The number of aliphatic carboxylic acids is 1. The van der Waals surface area contributed by atoms with Crippen LogP contribution in [0.1, 0.15) is 22.3 Å². The highest BCUT2D eigenvalue weighted by Crippen LogP contribution is 2.34. The van der Waals surface area contributed by atoms with Gasteiger partial charge >= 0.3 is 5.97 Å². The molecule has 5 aromatic rings. The topological polar surface area (TPSA) is 82.5 Å². The van der Waals surface area contributed by atoms with Gasteiger partial charge in [0.25, 0.3) is 5.91 Å². The average molecular weight is 568 g/mol. The Labute approximate surface area is 241 Å². The monoisotopic (exact) mass is 567 g/mol. The number of benzene rings is 4. The number of nitrogens with one attached hydrogen (secondary N) is 1. The van der Waals surface area contributed by atoms with E-state index in [1.54, 1.807) is 23.5 Å². The van der Waals surface area contributed by atoms with Crippen molar-refractivity contribution in [2.24, 2.45) is 0 Å². The number of carbonyl (C=O) groups is 2. The minimum Gasteiger partial charge on any atom is -0.481 e. The molecule has 0 aliphatic carbocycles. The number of halogens is 1. The first-order valence-corrected chi connectivity index (χ1v) is 14.0. The summed E-state index contributed by atoms with van der Waals surface area (Å²) in [5, 5.41) is 14.9.